The van der Waals surface area contributed by atoms with Crippen LogP contribution in [0.1, 0.15) is 10.9 Å². The van der Waals surface area contributed by atoms with Crippen LogP contribution in [0.5, 0.6) is 5.75 Å². The van der Waals surface area contributed by atoms with Gasteiger partial charge in [0.2, 0.25) is 5.91 Å². The van der Waals surface area contributed by atoms with Crippen LogP contribution in [0.3, 0.4) is 0 Å². The second-order valence-corrected chi connectivity index (χ2v) is 5.10. The molecule has 1 aliphatic heterocycles. The average molecular weight is 288 g/mol. The quantitative estimate of drug-likeness (QED) is 0.907. The second-order valence-electron chi connectivity index (χ2n) is 3.15. The molecule has 0 aromatic heterocycles. The van der Waals surface area contributed by atoms with Crippen molar-refractivity contribution >= 4 is 33.6 Å². The lowest BCUT2D eigenvalue weighted by molar-refractivity contribution is -0.118. The van der Waals surface area contributed by atoms with Crippen molar-refractivity contribution in [1.82, 2.24) is 5.32 Å². The second kappa shape index (κ2) is 4.45. The van der Waals surface area contributed by atoms with E-state index in [1.807, 2.05) is 18.2 Å². The van der Waals surface area contributed by atoms with Gasteiger partial charge in [-0.15, -0.1) is 11.8 Å². The van der Waals surface area contributed by atoms with E-state index in [9.17, 15) is 4.79 Å². The fourth-order valence-corrected chi connectivity index (χ4v) is 2.93. The number of thioether (sulfide) groups is 1. The normalized spacial score (nSPS) is 20.1. The number of hydrogen-bond donors (Lipinski definition) is 1. The van der Waals surface area contributed by atoms with Crippen LogP contribution in [-0.2, 0) is 4.79 Å². The summed E-state index contributed by atoms with van der Waals surface area (Å²) in [6.07, 6.45) is 0. The summed E-state index contributed by atoms with van der Waals surface area (Å²) in [4.78, 5) is 11.1. The molecule has 1 heterocycles. The molecule has 15 heavy (non-hydrogen) atoms. The summed E-state index contributed by atoms with van der Waals surface area (Å²) in [5, 5.41) is 2.97. The molecule has 1 atom stereocenters. The predicted octanol–water partition coefficient (Wildman–Crippen LogP) is 2.32. The van der Waals surface area contributed by atoms with Crippen LogP contribution in [0, 0.1) is 0 Å². The van der Waals surface area contributed by atoms with Crippen LogP contribution >= 0.6 is 27.7 Å². The molecule has 2 rings (SSSR count). The Labute approximate surface area is 101 Å². The Balaban J connectivity index is 2.22. The van der Waals surface area contributed by atoms with Gasteiger partial charge in [-0.05, 0) is 33.6 Å². The van der Waals surface area contributed by atoms with Crippen molar-refractivity contribution in [3.63, 3.8) is 0 Å². The van der Waals surface area contributed by atoms with Crippen molar-refractivity contribution in [3.8, 4) is 5.75 Å². The number of halogens is 1. The lowest BCUT2D eigenvalue weighted by Gasteiger charge is -2.11. The molecule has 80 valence electrons. The van der Waals surface area contributed by atoms with E-state index >= 15 is 0 Å². The predicted molar refractivity (Wildman–Crippen MR) is 64.0 cm³/mol. The summed E-state index contributed by atoms with van der Waals surface area (Å²) in [6, 6.07) is 5.83. The molecule has 0 spiro atoms. The zero-order chi connectivity index (χ0) is 10.8. The van der Waals surface area contributed by atoms with Crippen molar-refractivity contribution in [2.24, 2.45) is 0 Å². The molecule has 0 aliphatic carbocycles. The van der Waals surface area contributed by atoms with Gasteiger partial charge in [-0.2, -0.15) is 0 Å². The first kappa shape index (κ1) is 10.8. The first-order valence-corrected chi connectivity index (χ1v) is 6.29. The number of nitrogens with one attached hydrogen (secondary N) is 1. The van der Waals surface area contributed by atoms with E-state index in [-0.39, 0.29) is 11.3 Å². The van der Waals surface area contributed by atoms with Crippen LogP contribution in [0.2, 0.25) is 0 Å². The van der Waals surface area contributed by atoms with Crippen molar-refractivity contribution in [1.29, 1.82) is 0 Å². The molecule has 1 saturated heterocycles. The topological polar surface area (TPSA) is 38.3 Å². The minimum absolute atomic E-state index is 0.0692. The van der Waals surface area contributed by atoms with Gasteiger partial charge in [0.05, 0.1) is 17.3 Å². The van der Waals surface area contributed by atoms with Crippen LogP contribution in [0.15, 0.2) is 22.7 Å². The Morgan fingerprint density at radius 2 is 2.40 bits per heavy atom. The monoisotopic (exact) mass is 287 g/mol. The Morgan fingerprint density at radius 1 is 1.60 bits per heavy atom. The van der Waals surface area contributed by atoms with Gasteiger partial charge in [-0.25, -0.2) is 0 Å². The Morgan fingerprint density at radius 3 is 2.93 bits per heavy atom. The number of rotatable bonds is 2. The minimum atomic E-state index is 0.0692. The number of carbonyl (C=O) groups is 1. The lowest BCUT2D eigenvalue weighted by atomic mass is 10.2. The van der Waals surface area contributed by atoms with Crippen molar-refractivity contribution < 1.29 is 9.53 Å². The van der Waals surface area contributed by atoms with E-state index in [0.29, 0.717) is 5.75 Å². The van der Waals surface area contributed by atoms with E-state index in [1.165, 1.54) is 0 Å². The standard InChI is InChI=1S/C10H10BrNO2S/c1-14-8-3-2-6(4-7(8)11)10-12-9(13)5-15-10/h2-4,10H,5H2,1H3,(H,12,13). The SMILES string of the molecule is COc1ccc(C2NC(=O)CS2)cc1Br. The number of ether oxygens (including phenoxy) is 1. The summed E-state index contributed by atoms with van der Waals surface area (Å²) in [6.45, 7) is 0. The van der Waals surface area contributed by atoms with Gasteiger partial charge in [0.15, 0.2) is 0 Å². The van der Waals surface area contributed by atoms with Crippen molar-refractivity contribution in [3.05, 3.63) is 28.2 Å². The number of amides is 1. The molecule has 5 heteroatoms. The van der Waals surface area contributed by atoms with E-state index < -0.39 is 0 Å². The lowest BCUT2D eigenvalue weighted by Crippen LogP contribution is -2.18. The van der Waals surface area contributed by atoms with Gasteiger partial charge in [0, 0.05) is 0 Å². The molecule has 1 unspecified atom stereocenters. The molecule has 0 radical (unpaired) electrons. The van der Waals surface area contributed by atoms with E-state index in [1.54, 1.807) is 18.9 Å². The highest BCUT2D eigenvalue weighted by Gasteiger charge is 2.23. The summed E-state index contributed by atoms with van der Waals surface area (Å²) >= 11 is 5.03. The van der Waals surface area contributed by atoms with Crippen molar-refractivity contribution in [2.75, 3.05) is 12.9 Å². The van der Waals surface area contributed by atoms with Gasteiger partial charge in [0.1, 0.15) is 11.1 Å². The van der Waals surface area contributed by atoms with Gasteiger partial charge >= 0.3 is 0 Å². The highest BCUT2D eigenvalue weighted by atomic mass is 79.9. The van der Waals surface area contributed by atoms with E-state index in [2.05, 4.69) is 21.2 Å². The minimum Gasteiger partial charge on any atom is -0.496 e. The summed E-state index contributed by atoms with van der Waals surface area (Å²) in [5.74, 6) is 1.43. The molecule has 1 amide bonds. The zero-order valence-corrected chi connectivity index (χ0v) is 10.5. The van der Waals surface area contributed by atoms with Crippen LogP contribution in [-0.4, -0.2) is 18.8 Å². The first-order valence-electron chi connectivity index (χ1n) is 4.45. The summed E-state index contributed by atoms with van der Waals surface area (Å²) in [5.41, 5.74) is 1.08. The third-order valence-corrected chi connectivity index (χ3v) is 3.92. The van der Waals surface area contributed by atoms with Gasteiger partial charge < -0.3 is 10.1 Å². The molecule has 3 nitrogen and oxygen atoms in total. The van der Waals surface area contributed by atoms with Gasteiger partial charge in [0.25, 0.3) is 0 Å². The Kier molecular flexibility index (Phi) is 3.21. The number of methoxy groups -OCH3 is 1. The van der Waals surface area contributed by atoms with E-state index in [4.69, 9.17) is 4.74 Å². The Hall–Kier alpha value is -0.680. The highest BCUT2D eigenvalue weighted by Crippen LogP contribution is 2.34. The number of carbonyl (C=O) groups excluding carboxylic acids is 1. The fraction of sp³-hybridized carbons (Fsp3) is 0.300. The van der Waals surface area contributed by atoms with E-state index in [0.717, 1.165) is 15.8 Å². The molecule has 1 aromatic carbocycles. The number of benzene rings is 1. The molecule has 1 fully saturated rings. The third-order valence-electron chi connectivity index (χ3n) is 2.15. The maximum Gasteiger partial charge on any atom is 0.231 e. The molecule has 1 aromatic rings. The third kappa shape index (κ3) is 2.29. The fourth-order valence-electron chi connectivity index (χ4n) is 1.41. The molecule has 0 saturated carbocycles. The van der Waals surface area contributed by atoms with Crippen LogP contribution in [0.4, 0.5) is 0 Å². The molecular weight excluding hydrogens is 278 g/mol. The maximum absolute atomic E-state index is 11.1. The smallest absolute Gasteiger partial charge is 0.231 e. The van der Waals surface area contributed by atoms with Gasteiger partial charge in [-0.3, -0.25) is 4.79 Å². The zero-order valence-electron chi connectivity index (χ0n) is 8.12. The molecule has 0 bridgehead atoms. The largest absolute Gasteiger partial charge is 0.496 e. The summed E-state index contributed by atoms with van der Waals surface area (Å²) in [7, 11) is 1.63. The molecule has 1 N–H and O–H groups in total. The molecule has 1 aliphatic rings. The first-order chi connectivity index (χ1) is 7.20. The van der Waals surface area contributed by atoms with Crippen LogP contribution < -0.4 is 10.1 Å². The highest BCUT2D eigenvalue weighted by molar-refractivity contribution is 9.10. The van der Waals surface area contributed by atoms with Crippen molar-refractivity contribution in [2.45, 2.75) is 5.37 Å². The summed E-state index contributed by atoms with van der Waals surface area (Å²) < 4.78 is 6.05. The maximum atomic E-state index is 11.1. The Bertz CT molecular complexity index is 397. The molecular formula is C10H10BrNO2S. The number of hydrogen-bond acceptors (Lipinski definition) is 3. The van der Waals surface area contributed by atoms with Gasteiger partial charge in [-0.1, -0.05) is 6.07 Å². The van der Waals surface area contributed by atoms with Crippen LogP contribution in [0.25, 0.3) is 0 Å². The average Bonchev–Trinajstić information content (AvgIpc) is 2.65.